The van der Waals surface area contributed by atoms with Gasteiger partial charge in [0, 0.05) is 25.0 Å². The van der Waals surface area contributed by atoms with Crippen molar-refractivity contribution in [2.75, 3.05) is 0 Å². The molecule has 1 aromatic carbocycles. The molecule has 0 aliphatic rings. The van der Waals surface area contributed by atoms with Gasteiger partial charge in [0.15, 0.2) is 0 Å². The molecule has 1 heterocycles. The second kappa shape index (κ2) is 8.63. The topological polar surface area (TPSA) is 29.9 Å². The summed E-state index contributed by atoms with van der Waals surface area (Å²) in [5.74, 6) is 0. The minimum Gasteiger partial charge on any atom is -0.310 e. The number of nitrogens with one attached hydrogen (secondary N) is 1. The fraction of sp³-hybridized carbons (Fsp3) is 0.500. The fourth-order valence-corrected chi connectivity index (χ4v) is 2.60. The van der Waals surface area contributed by atoms with Crippen molar-refractivity contribution in [3.63, 3.8) is 0 Å². The summed E-state index contributed by atoms with van der Waals surface area (Å²) in [5.41, 5.74) is 2.45. The number of hydrogen-bond acceptors (Lipinski definition) is 2. The Kier molecular flexibility index (Phi) is 6.48. The van der Waals surface area contributed by atoms with Crippen LogP contribution in [-0.2, 0) is 6.54 Å². The summed E-state index contributed by atoms with van der Waals surface area (Å²) in [7, 11) is 0. The van der Waals surface area contributed by atoms with Crippen molar-refractivity contribution in [1.82, 2.24) is 15.1 Å². The van der Waals surface area contributed by atoms with Gasteiger partial charge in [-0.1, -0.05) is 45.2 Å². The summed E-state index contributed by atoms with van der Waals surface area (Å²) in [4.78, 5) is 0. The summed E-state index contributed by atoms with van der Waals surface area (Å²) >= 11 is 0. The van der Waals surface area contributed by atoms with Crippen LogP contribution in [-0.4, -0.2) is 15.8 Å². The van der Waals surface area contributed by atoms with Crippen LogP contribution in [0.2, 0.25) is 0 Å². The van der Waals surface area contributed by atoms with Gasteiger partial charge in [-0.2, -0.15) is 5.10 Å². The van der Waals surface area contributed by atoms with E-state index in [4.69, 9.17) is 0 Å². The van der Waals surface area contributed by atoms with Crippen molar-refractivity contribution in [1.29, 1.82) is 0 Å². The average molecular weight is 285 g/mol. The first-order valence-electron chi connectivity index (χ1n) is 8.15. The van der Waals surface area contributed by atoms with E-state index < -0.39 is 0 Å². The normalized spacial score (nSPS) is 12.5. The van der Waals surface area contributed by atoms with Gasteiger partial charge in [-0.05, 0) is 36.6 Å². The molecule has 2 rings (SSSR count). The van der Waals surface area contributed by atoms with E-state index in [9.17, 15) is 0 Å². The van der Waals surface area contributed by atoms with Crippen LogP contribution in [0, 0.1) is 0 Å². The molecule has 3 nitrogen and oxygen atoms in total. The highest BCUT2D eigenvalue weighted by molar-refractivity contribution is 5.33. The monoisotopic (exact) mass is 285 g/mol. The maximum atomic E-state index is 4.25. The Balaban J connectivity index is 1.87. The first-order chi connectivity index (χ1) is 10.3. The number of aromatic nitrogens is 2. The molecule has 0 saturated carbocycles. The molecule has 1 unspecified atom stereocenters. The summed E-state index contributed by atoms with van der Waals surface area (Å²) in [5, 5.41) is 7.95. The van der Waals surface area contributed by atoms with Gasteiger partial charge >= 0.3 is 0 Å². The smallest absolute Gasteiger partial charge is 0.0645 e. The molecule has 0 bridgehead atoms. The molecule has 0 amide bonds. The zero-order valence-corrected chi connectivity index (χ0v) is 13.3. The van der Waals surface area contributed by atoms with E-state index in [1.54, 1.807) is 6.20 Å². The van der Waals surface area contributed by atoms with Crippen molar-refractivity contribution >= 4 is 0 Å². The second-order valence-corrected chi connectivity index (χ2v) is 5.63. The van der Waals surface area contributed by atoms with Crippen LogP contribution in [0.25, 0.3) is 5.69 Å². The zero-order valence-electron chi connectivity index (χ0n) is 13.3. The number of unbranched alkanes of at least 4 members (excludes halogenated alkanes) is 1. The Morgan fingerprint density at radius 1 is 1.10 bits per heavy atom. The lowest BCUT2D eigenvalue weighted by Gasteiger charge is -2.18. The average Bonchev–Trinajstić information content (AvgIpc) is 3.05. The third kappa shape index (κ3) is 5.01. The predicted octanol–water partition coefficient (Wildman–Crippen LogP) is 4.32. The van der Waals surface area contributed by atoms with Crippen LogP contribution in [0.15, 0.2) is 42.7 Å². The lowest BCUT2D eigenvalue weighted by Crippen LogP contribution is -2.28. The number of nitrogens with zero attached hydrogens (tertiary/aromatic N) is 2. The lowest BCUT2D eigenvalue weighted by molar-refractivity contribution is 0.434. The van der Waals surface area contributed by atoms with Crippen LogP contribution in [0.4, 0.5) is 0 Å². The van der Waals surface area contributed by atoms with Crippen LogP contribution in [0.5, 0.6) is 0 Å². The molecule has 0 radical (unpaired) electrons. The third-order valence-corrected chi connectivity index (χ3v) is 3.84. The van der Waals surface area contributed by atoms with Crippen LogP contribution in [0.3, 0.4) is 0 Å². The minimum atomic E-state index is 0.653. The first-order valence-corrected chi connectivity index (χ1v) is 8.15. The quantitative estimate of drug-likeness (QED) is 0.743. The van der Waals surface area contributed by atoms with E-state index in [1.807, 2.05) is 16.9 Å². The SMILES string of the molecule is CCCCC(CCC)NCc1ccc(-n2cccn2)cc1. The van der Waals surface area contributed by atoms with E-state index in [1.165, 1.54) is 37.7 Å². The largest absolute Gasteiger partial charge is 0.310 e. The van der Waals surface area contributed by atoms with Crippen molar-refractivity contribution in [2.24, 2.45) is 0 Å². The molecule has 3 heteroatoms. The van der Waals surface area contributed by atoms with Crippen molar-refractivity contribution in [3.8, 4) is 5.69 Å². The van der Waals surface area contributed by atoms with E-state index >= 15 is 0 Å². The molecular weight excluding hydrogens is 258 g/mol. The highest BCUT2D eigenvalue weighted by Crippen LogP contribution is 2.11. The molecule has 1 aromatic heterocycles. The molecule has 1 atom stereocenters. The molecular formula is C18H27N3. The van der Waals surface area contributed by atoms with Crippen molar-refractivity contribution in [3.05, 3.63) is 48.3 Å². The van der Waals surface area contributed by atoms with E-state index in [0.717, 1.165) is 12.2 Å². The van der Waals surface area contributed by atoms with E-state index in [-0.39, 0.29) is 0 Å². The Morgan fingerprint density at radius 2 is 1.90 bits per heavy atom. The van der Waals surface area contributed by atoms with Gasteiger partial charge in [0.1, 0.15) is 0 Å². The third-order valence-electron chi connectivity index (χ3n) is 3.84. The summed E-state index contributed by atoms with van der Waals surface area (Å²) in [6, 6.07) is 11.2. The molecule has 0 fully saturated rings. The highest BCUT2D eigenvalue weighted by atomic mass is 15.3. The maximum absolute atomic E-state index is 4.25. The maximum Gasteiger partial charge on any atom is 0.0645 e. The molecule has 0 saturated heterocycles. The van der Waals surface area contributed by atoms with Crippen molar-refractivity contribution in [2.45, 2.75) is 58.5 Å². The summed E-state index contributed by atoms with van der Waals surface area (Å²) in [6.07, 6.45) is 10.2. The number of hydrogen-bond donors (Lipinski definition) is 1. The number of benzene rings is 1. The van der Waals surface area contributed by atoms with Gasteiger partial charge in [-0.15, -0.1) is 0 Å². The van der Waals surface area contributed by atoms with Crippen LogP contribution in [0.1, 0.15) is 51.5 Å². The highest BCUT2D eigenvalue weighted by Gasteiger charge is 2.06. The van der Waals surface area contributed by atoms with Crippen LogP contribution >= 0.6 is 0 Å². The standard InChI is InChI=1S/C18H27N3/c1-3-5-8-17(7-4-2)19-15-16-9-11-18(12-10-16)21-14-6-13-20-21/h6,9-14,17,19H,3-5,7-8,15H2,1-2H3. The Hall–Kier alpha value is -1.61. The first kappa shape index (κ1) is 15.8. The second-order valence-electron chi connectivity index (χ2n) is 5.63. The number of rotatable bonds is 9. The summed E-state index contributed by atoms with van der Waals surface area (Å²) in [6.45, 7) is 5.48. The van der Waals surface area contributed by atoms with E-state index in [0.29, 0.717) is 6.04 Å². The summed E-state index contributed by atoms with van der Waals surface area (Å²) < 4.78 is 1.89. The van der Waals surface area contributed by atoms with Gasteiger partial charge in [0.25, 0.3) is 0 Å². The van der Waals surface area contributed by atoms with E-state index in [2.05, 4.69) is 48.5 Å². The molecule has 0 aliphatic carbocycles. The predicted molar refractivity (Wildman–Crippen MR) is 88.6 cm³/mol. The van der Waals surface area contributed by atoms with Gasteiger partial charge in [0.05, 0.1) is 5.69 Å². The zero-order chi connectivity index (χ0) is 14.9. The fourth-order valence-electron chi connectivity index (χ4n) is 2.60. The lowest BCUT2D eigenvalue weighted by atomic mass is 10.0. The van der Waals surface area contributed by atoms with Gasteiger partial charge in [-0.3, -0.25) is 0 Å². The minimum absolute atomic E-state index is 0.653. The van der Waals surface area contributed by atoms with Gasteiger partial charge in [-0.25, -0.2) is 4.68 Å². The molecule has 1 N–H and O–H groups in total. The van der Waals surface area contributed by atoms with Crippen molar-refractivity contribution < 1.29 is 0 Å². The molecule has 0 spiro atoms. The Bertz CT molecular complexity index is 488. The molecule has 2 aromatic rings. The Labute approximate surface area is 128 Å². The van der Waals surface area contributed by atoms with Gasteiger partial charge < -0.3 is 5.32 Å². The molecule has 0 aliphatic heterocycles. The Morgan fingerprint density at radius 3 is 2.52 bits per heavy atom. The van der Waals surface area contributed by atoms with Gasteiger partial charge in [0.2, 0.25) is 0 Å². The van der Waals surface area contributed by atoms with Crippen LogP contribution < -0.4 is 5.32 Å². The molecule has 21 heavy (non-hydrogen) atoms. The molecule has 114 valence electrons.